The van der Waals surface area contributed by atoms with Crippen LogP contribution in [0.5, 0.6) is 0 Å². The highest BCUT2D eigenvalue weighted by molar-refractivity contribution is 6.33. The van der Waals surface area contributed by atoms with E-state index in [4.69, 9.17) is 32.4 Å². The fourth-order valence-electron chi connectivity index (χ4n) is 4.37. The molecule has 0 bridgehead atoms. The Hall–Kier alpha value is -4.21. The van der Waals surface area contributed by atoms with E-state index in [0.717, 1.165) is 0 Å². The van der Waals surface area contributed by atoms with Crippen LogP contribution in [-0.2, 0) is 11.3 Å². The van der Waals surface area contributed by atoms with Crippen molar-refractivity contribution in [3.8, 4) is 11.3 Å². The second-order valence-electron chi connectivity index (χ2n) is 8.73. The van der Waals surface area contributed by atoms with Crippen molar-refractivity contribution in [3.05, 3.63) is 125 Å². The SMILES string of the molecule is Cc1[nH][nH]c(=O)c1C(c1ccc(-c2ccc(Cl)c(C(=O)OCc3ccccc3Cl)c2)o1)c1c(C)[nH][nH]c1=O. The number of aryl methyl sites for hydroxylation is 2. The second kappa shape index (κ2) is 10.3. The largest absolute Gasteiger partial charge is 0.460 e. The quantitative estimate of drug-likeness (QED) is 0.199. The van der Waals surface area contributed by atoms with Gasteiger partial charge >= 0.3 is 5.97 Å². The van der Waals surface area contributed by atoms with Gasteiger partial charge in [-0.15, -0.1) is 0 Å². The van der Waals surface area contributed by atoms with Gasteiger partial charge in [-0.2, -0.15) is 0 Å². The summed E-state index contributed by atoms with van der Waals surface area (Å²) < 4.78 is 11.6. The summed E-state index contributed by atoms with van der Waals surface area (Å²) in [5.74, 6) is -0.609. The van der Waals surface area contributed by atoms with Gasteiger partial charge in [0.15, 0.2) is 0 Å². The summed E-state index contributed by atoms with van der Waals surface area (Å²) in [6.45, 7) is 3.46. The number of aromatic amines is 4. The van der Waals surface area contributed by atoms with Crippen LogP contribution < -0.4 is 11.1 Å². The molecule has 194 valence electrons. The van der Waals surface area contributed by atoms with Crippen LogP contribution in [0.2, 0.25) is 10.0 Å². The molecule has 0 amide bonds. The number of halogens is 2. The molecule has 0 aliphatic rings. The van der Waals surface area contributed by atoms with E-state index in [9.17, 15) is 14.4 Å². The molecular weight excluding hydrogens is 531 g/mol. The minimum Gasteiger partial charge on any atom is -0.460 e. The maximum absolute atomic E-state index is 12.8. The molecule has 0 aliphatic carbocycles. The van der Waals surface area contributed by atoms with E-state index in [-0.39, 0.29) is 28.3 Å². The molecule has 0 unspecified atom stereocenters. The highest BCUT2D eigenvalue weighted by atomic mass is 35.5. The predicted octanol–water partition coefficient (Wildman–Crippen LogP) is 5.44. The zero-order chi connectivity index (χ0) is 27.0. The van der Waals surface area contributed by atoms with E-state index < -0.39 is 11.9 Å². The molecule has 0 saturated carbocycles. The summed E-state index contributed by atoms with van der Waals surface area (Å²) in [5.41, 5.74) is 2.53. The summed E-state index contributed by atoms with van der Waals surface area (Å²) >= 11 is 12.5. The van der Waals surface area contributed by atoms with E-state index in [2.05, 4.69) is 20.4 Å². The molecule has 0 atom stereocenters. The fraction of sp³-hybridized carbons (Fsp3) is 0.148. The van der Waals surface area contributed by atoms with Crippen LogP contribution in [-0.4, -0.2) is 26.4 Å². The van der Waals surface area contributed by atoms with Crippen LogP contribution >= 0.6 is 23.2 Å². The monoisotopic (exact) mass is 552 g/mol. The third-order valence-electron chi connectivity index (χ3n) is 6.30. The first-order valence-electron chi connectivity index (χ1n) is 11.6. The van der Waals surface area contributed by atoms with Gasteiger partial charge in [0, 0.05) is 27.5 Å². The first-order chi connectivity index (χ1) is 18.2. The molecule has 3 aromatic heterocycles. The van der Waals surface area contributed by atoms with E-state index in [1.807, 2.05) is 0 Å². The van der Waals surface area contributed by atoms with Gasteiger partial charge in [-0.05, 0) is 50.2 Å². The molecule has 38 heavy (non-hydrogen) atoms. The first-order valence-corrected chi connectivity index (χ1v) is 12.3. The molecule has 4 N–H and O–H groups in total. The lowest BCUT2D eigenvalue weighted by Crippen LogP contribution is -2.19. The second-order valence-corrected chi connectivity index (χ2v) is 9.55. The molecule has 11 heteroatoms. The predicted molar refractivity (Wildman–Crippen MR) is 143 cm³/mol. The molecule has 0 radical (unpaired) electrons. The number of carbonyl (C=O) groups is 1. The minimum atomic E-state index is -0.777. The van der Waals surface area contributed by atoms with Crippen LogP contribution in [0.1, 0.15) is 50.1 Å². The lowest BCUT2D eigenvalue weighted by Gasteiger charge is -2.13. The number of carbonyl (C=O) groups excluding carboxylic acids is 1. The molecule has 0 spiro atoms. The van der Waals surface area contributed by atoms with Gasteiger partial charge in [0.05, 0.1) is 27.6 Å². The topological polar surface area (TPSA) is 137 Å². The Balaban J connectivity index is 1.49. The van der Waals surface area contributed by atoms with Crippen LogP contribution in [0.15, 0.2) is 68.6 Å². The van der Waals surface area contributed by atoms with Crippen LogP contribution in [0, 0.1) is 13.8 Å². The number of ether oxygens (including phenoxy) is 1. The van der Waals surface area contributed by atoms with Crippen molar-refractivity contribution in [2.24, 2.45) is 0 Å². The van der Waals surface area contributed by atoms with Crippen molar-refractivity contribution >= 4 is 29.2 Å². The van der Waals surface area contributed by atoms with Crippen LogP contribution in [0.3, 0.4) is 0 Å². The normalized spacial score (nSPS) is 11.3. The van der Waals surface area contributed by atoms with Crippen molar-refractivity contribution in [1.82, 2.24) is 20.4 Å². The van der Waals surface area contributed by atoms with Gasteiger partial charge < -0.3 is 19.4 Å². The third-order valence-corrected chi connectivity index (χ3v) is 7.00. The van der Waals surface area contributed by atoms with E-state index in [1.54, 1.807) is 68.4 Å². The maximum atomic E-state index is 12.8. The van der Waals surface area contributed by atoms with Crippen molar-refractivity contribution in [3.63, 3.8) is 0 Å². The number of hydrogen-bond donors (Lipinski definition) is 4. The number of hydrogen-bond acceptors (Lipinski definition) is 5. The van der Waals surface area contributed by atoms with Crippen molar-refractivity contribution in [2.75, 3.05) is 0 Å². The highest BCUT2D eigenvalue weighted by Crippen LogP contribution is 2.35. The lowest BCUT2D eigenvalue weighted by atomic mass is 9.89. The Labute approximate surface area is 225 Å². The Bertz CT molecular complexity index is 1700. The summed E-state index contributed by atoms with van der Waals surface area (Å²) in [5, 5.41) is 11.4. The van der Waals surface area contributed by atoms with Gasteiger partial charge in [0.25, 0.3) is 11.1 Å². The summed E-state index contributed by atoms with van der Waals surface area (Å²) in [6, 6.07) is 15.3. The Morgan fingerprint density at radius 3 is 2.13 bits per heavy atom. The average molecular weight is 553 g/mol. The molecule has 5 aromatic rings. The molecule has 9 nitrogen and oxygen atoms in total. The average Bonchev–Trinajstić information content (AvgIpc) is 3.60. The van der Waals surface area contributed by atoms with Crippen molar-refractivity contribution < 1.29 is 13.9 Å². The first kappa shape index (κ1) is 25.4. The number of benzene rings is 2. The van der Waals surface area contributed by atoms with Crippen LogP contribution in [0.25, 0.3) is 11.3 Å². The minimum absolute atomic E-state index is 0.0131. The number of furan rings is 1. The standard InChI is InChI=1S/C27H22Cl2N4O5/c1-13-22(25(34)32-30-13)24(23-14(2)31-33-26(23)35)21-10-9-20(38-21)15-7-8-19(29)17(11-15)27(36)37-12-16-5-3-4-6-18(16)28/h3-11,24H,12H2,1-2H3,(H2,30,32,34)(H2,31,33,35). The lowest BCUT2D eigenvalue weighted by molar-refractivity contribution is 0.0473. The third kappa shape index (κ3) is 4.73. The Morgan fingerprint density at radius 1 is 0.868 bits per heavy atom. The fourth-order valence-corrected chi connectivity index (χ4v) is 4.75. The maximum Gasteiger partial charge on any atom is 0.340 e. The zero-order valence-corrected chi connectivity index (χ0v) is 21.8. The molecule has 2 aromatic carbocycles. The zero-order valence-electron chi connectivity index (χ0n) is 20.3. The summed E-state index contributed by atoms with van der Waals surface area (Å²) in [4.78, 5) is 38.2. The number of rotatable bonds is 7. The smallest absolute Gasteiger partial charge is 0.340 e. The van der Waals surface area contributed by atoms with Gasteiger partial charge in [-0.1, -0.05) is 41.4 Å². The van der Waals surface area contributed by atoms with Crippen molar-refractivity contribution in [2.45, 2.75) is 26.4 Å². The van der Waals surface area contributed by atoms with Gasteiger partial charge in [-0.25, -0.2) is 4.79 Å². The van der Waals surface area contributed by atoms with Crippen LogP contribution in [0.4, 0.5) is 0 Å². The van der Waals surface area contributed by atoms with E-state index in [0.29, 0.717) is 50.2 Å². The number of esters is 1. The number of nitrogens with one attached hydrogen (secondary N) is 4. The summed E-state index contributed by atoms with van der Waals surface area (Å²) in [7, 11) is 0. The highest BCUT2D eigenvalue weighted by Gasteiger charge is 2.31. The number of aromatic nitrogens is 4. The number of H-pyrrole nitrogens is 4. The Kier molecular flexibility index (Phi) is 6.88. The molecule has 3 heterocycles. The Morgan fingerprint density at radius 2 is 1.53 bits per heavy atom. The molecule has 0 saturated heterocycles. The molecule has 5 rings (SSSR count). The van der Waals surface area contributed by atoms with Gasteiger partial charge in [-0.3, -0.25) is 19.8 Å². The van der Waals surface area contributed by atoms with E-state index >= 15 is 0 Å². The van der Waals surface area contributed by atoms with Gasteiger partial charge in [0.2, 0.25) is 0 Å². The summed E-state index contributed by atoms with van der Waals surface area (Å²) in [6.07, 6.45) is 0. The molecule has 0 fully saturated rings. The van der Waals surface area contributed by atoms with Gasteiger partial charge in [0.1, 0.15) is 18.1 Å². The molecule has 0 aliphatic heterocycles. The van der Waals surface area contributed by atoms with E-state index in [1.165, 1.54) is 0 Å². The van der Waals surface area contributed by atoms with Crippen molar-refractivity contribution in [1.29, 1.82) is 0 Å². The molecular formula is C27H22Cl2N4O5.